The normalized spacial score (nSPS) is 10.5. The molecule has 0 heterocycles. The smallest absolute Gasteiger partial charge is 0.127 e. The first kappa shape index (κ1) is 15.3. The summed E-state index contributed by atoms with van der Waals surface area (Å²) in [7, 11) is 0. The van der Waals surface area contributed by atoms with Crippen LogP contribution in [0.3, 0.4) is 0 Å². The molecule has 0 saturated heterocycles. The van der Waals surface area contributed by atoms with Crippen LogP contribution < -0.4 is 10.5 Å². The van der Waals surface area contributed by atoms with Crippen LogP contribution in [0.4, 0.5) is 0 Å². The van der Waals surface area contributed by atoms with Crippen molar-refractivity contribution in [3.05, 3.63) is 89.5 Å². The highest BCUT2D eigenvalue weighted by atomic mass is 16.5. The molecule has 0 aromatic heterocycles. The molecule has 0 aliphatic heterocycles. The number of rotatable bonds is 5. The van der Waals surface area contributed by atoms with E-state index in [9.17, 15) is 0 Å². The lowest BCUT2D eigenvalue weighted by Crippen LogP contribution is -2.00. The van der Waals surface area contributed by atoms with E-state index in [0.29, 0.717) is 13.2 Å². The molecule has 0 radical (unpaired) electrons. The van der Waals surface area contributed by atoms with Gasteiger partial charge >= 0.3 is 0 Å². The third kappa shape index (κ3) is 3.79. The number of ether oxygens (including phenoxy) is 1. The summed E-state index contributed by atoms with van der Waals surface area (Å²) in [5.74, 6) is 0.877. The Hall–Kier alpha value is -2.58. The molecule has 0 aliphatic rings. The molecule has 0 aliphatic carbocycles. The Balaban J connectivity index is 1.93. The van der Waals surface area contributed by atoms with Crippen molar-refractivity contribution >= 4 is 0 Å². The van der Waals surface area contributed by atoms with Gasteiger partial charge in [-0.3, -0.25) is 0 Å². The molecule has 2 nitrogen and oxygen atoms in total. The van der Waals surface area contributed by atoms with Gasteiger partial charge in [0.05, 0.1) is 0 Å². The van der Waals surface area contributed by atoms with Crippen LogP contribution in [0.1, 0.15) is 16.7 Å². The molecule has 0 bridgehead atoms. The van der Waals surface area contributed by atoms with Crippen LogP contribution in [0.15, 0.2) is 72.8 Å². The van der Waals surface area contributed by atoms with E-state index in [0.717, 1.165) is 28.0 Å². The average Bonchev–Trinajstić information content (AvgIpc) is 2.60. The number of nitrogens with two attached hydrogens (primary N) is 1. The Bertz CT molecular complexity index is 781. The molecule has 2 heteroatoms. The second-order valence-electron chi connectivity index (χ2n) is 5.68. The molecule has 0 fully saturated rings. The highest BCUT2D eigenvalue weighted by Gasteiger charge is 2.08. The molecular weight excluding hydrogens is 282 g/mol. The van der Waals surface area contributed by atoms with E-state index >= 15 is 0 Å². The summed E-state index contributed by atoms with van der Waals surface area (Å²) < 4.78 is 6.10. The van der Waals surface area contributed by atoms with Crippen molar-refractivity contribution in [2.75, 3.05) is 0 Å². The molecule has 0 saturated carbocycles. The van der Waals surface area contributed by atoms with Crippen molar-refractivity contribution in [3.8, 4) is 16.9 Å². The molecule has 3 rings (SSSR count). The van der Waals surface area contributed by atoms with E-state index in [1.165, 1.54) is 5.56 Å². The van der Waals surface area contributed by atoms with Gasteiger partial charge in [0.15, 0.2) is 0 Å². The first-order valence-electron chi connectivity index (χ1n) is 7.83. The van der Waals surface area contributed by atoms with Crippen LogP contribution in [0.5, 0.6) is 5.75 Å². The molecule has 3 aromatic rings. The highest BCUT2D eigenvalue weighted by Crippen LogP contribution is 2.32. The number of aryl methyl sites for hydroxylation is 1. The minimum Gasteiger partial charge on any atom is -0.488 e. The van der Waals surface area contributed by atoms with Gasteiger partial charge in [-0.15, -0.1) is 0 Å². The van der Waals surface area contributed by atoms with Crippen LogP contribution in [0.2, 0.25) is 0 Å². The summed E-state index contributed by atoms with van der Waals surface area (Å²) in [4.78, 5) is 0. The lowest BCUT2D eigenvalue weighted by atomic mass is 10.0. The predicted molar refractivity (Wildman–Crippen MR) is 95.3 cm³/mol. The van der Waals surface area contributed by atoms with Gasteiger partial charge in [-0.05, 0) is 29.7 Å². The van der Waals surface area contributed by atoms with Crippen molar-refractivity contribution in [1.82, 2.24) is 0 Å². The van der Waals surface area contributed by atoms with E-state index < -0.39 is 0 Å². The molecule has 0 amide bonds. The van der Waals surface area contributed by atoms with Crippen LogP contribution >= 0.6 is 0 Å². The van der Waals surface area contributed by atoms with Gasteiger partial charge in [-0.25, -0.2) is 0 Å². The molecule has 23 heavy (non-hydrogen) atoms. The van der Waals surface area contributed by atoms with Gasteiger partial charge in [-0.1, -0.05) is 72.3 Å². The van der Waals surface area contributed by atoms with Gasteiger partial charge in [0.25, 0.3) is 0 Å². The van der Waals surface area contributed by atoms with Gasteiger partial charge in [0.2, 0.25) is 0 Å². The first-order valence-corrected chi connectivity index (χ1v) is 7.83. The third-order valence-electron chi connectivity index (χ3n) is 3.85. The number of hydrogen-bond acceptors (Lipinski definition) is 2. The summed E-state index contributed by atoms with van der Waals surface area (Å²) in [5.41, 5.74) is 11.5. The first-order chi connectivity index (χ1) is 11.3. The Morgan fingerprint density at radius 1 is 0.826 bits per heavy atom. The maximum Gasteiger partial charge on any atom is 0.127 e. The second-order valence-corrected chi connectivity index (χ2v) is 5.68. The fourth-order valence-electron chi connectivity index (χ4n) is 2.60. The second kappa shape index (κ2) is 7.12. The zero-order valence-electron chi connectivity index (χ0n) is 13.3. The quantitative estimate of drug-likeness (QED) is 0.741. The standard InChI is InChI=1S/C21H21NO/c1-16-6-5-9-19(12-16)20-11-10-18(14-22)13-21(20)23-15-17-7-3-2-4-8-17/h2-13H,14-15,22H2,1H3. The van der Waals surface area contributed by atoms with Crippen LogP contribution in [0, 0.1) is 6.92 Å². The van der Waals surface area contributed by atoms with Crippen molar-refractivity contribution < 1.29 is 4.74 Å². The van der Waals surface area contributed by atoms with Crippen molar-refractivity contribution in [2.24, 2.45) is 5.73 Å². The largest absolute Gasteiger partial charge is 0.488 e. The summed E-state index contributed by atoms with van der Waals surface area (Å²) >= 11 is 0. The van der Waals surface area contributed by atoms with E-state index in [2.05, 4.69) is 55.5 Å². The monoisotopic (exact) mass is 303 g/mol. The van der Waals surface area contributed by atoms with Crippen molar-refractivity contribution in [3.63, 3.8) is 0 Å². The van der Waals surface area contributed by atoms with Crippen LogP contribution in [-0.2, 0) is 13.2 Å². The maximum atomic E-state index is 6.10. The molecule has 0 spiro atoms. The van der Waals surface area contributed by atoms with E-state index in [4.69, 9.17) is 10.5 Å². The minimum atomic E-state index is 0.510. The fraction of sp³-hybridized carbons (Fsp3) is 0.143. The van der Waals surface area contributed by atoms with E-state index in [1.54, 1.807) is 0 Å². The number of benzene rings is 3. The van der Waals surface area contributed by atoms with Gasteiger partial charge in [0.1, 0.15) is 12.4 Å². The molecule has 0 atom stereocenters. The maximum absolute atomic E-state index is 6.10. The Labute approximate surface area is 137 Å². The molecule has 116 valence electrons. The molecule has 3 aromatic carbocycles. The lowest BCUT2D eigenvalue weighted by Gasteiger charge is -2.14. The minimum absolute atomic E-state index is 0.510. The summed E-state index contributed by atoms with van der Waals surface area (Å²) in [6.45, 7) is 3.16. The Morgan fingerprint density at radius 2 is 1.65 bits per heavy atom. The molecule has 2 N–H and O–H groups in total. The third-order valence-corrected chi connectivity index (χ3v) is 3.85. The van der Waals surface area contributed by atoms with E-state index in [1.807, 2.05) is 24.3 Å². The van der Waals surface area contributed by atoms with E-state index in [-0.39, 0.29) is 0 Å². The van der Waals surface area contributed by atoms with Gasteiger partial charge < -0.3 is 10.5 Å². The van der Waals surface area contributed by atoms with Gasteiger partial charge in [-0.2, -0.15) is 0 Å². The zero-order chi connectivity index (χ0) is 16.1. The summed E-state index contributed by atoms with van der Waals surface area (Å²) in [6.07, 6.45) is 0. The SMILES string of the molecule is Cc1cccc(-c2ccc(CN)cc2OCc2ccccc2)c1. The van der Waals surface area contributed by atoms with Crippen molar-refractivity contribution in [2.45, 2.75) is 20.1 Å². The highest BCUT2D eigenvalue weighted by molar-refractivity contribution is 5.71. The Kier molecular flexibility index (Phi) is 4.74. The summed E-state index contributed by atoms with van der Waals surface area (Å²) in [6, 6.07) is 24.9. The average molecular weight is 303 g/mol. The van der Waals surface area contributed by atoms with Crippen LogP contribution in [0.25, 0.3) is 11.1 Å². The summed E-state index contributed by atoms with van der Waals surface area (Å²) in [5, 5.41) is 0. The zero-order valence-corrected chi connectivity index (χ0v) is 13.3. The topological polar surface area (TPSA) is 35.2 Å². The van der Waals surface area contributed by atoms with Crippen molar-refractivity contribution in [1.29, 1.82) is 0 Å². The number of hydrogen-bond donors (Lipinski definition) is 1. The van der Waals surface area contributed by atoms with Crippen LogP contribution in [-0.4, -0.2) is 0 Å². The predicted octanol–water partition coefficient (Wildman–Crippen LogP) is 4.70. The lowest BCUT2D eigenvalue weighted by molar-refractivity contribution is 0.307. The Morgan fingerprint density at radius 3 is 2.39 bits per heavy atom. The van der Waals surface area contributed by atoms with Gasteiger partial charge in [0, 0.05) is 12.1 Å². The molecule has 0 unspecified atom stereocenters. The molecular formula is C21H21NO. The fourth-order valence-corrected chi connectivity index (χ4v) is 2.60.